The number of hydrogen-bond acceptors (Lipinski definition) is 2. The summed E-state index contributed by atoms with van der Waals surface area (Å²) in [7, 11) is 1.79. The van der Waals surface area contributed by atoms with Crippen LogP contribution in [0.25, 0.3) is 0 Å². The minimum Gasteiger partial charge on any atom is -0.326 e. The van der Waals surface area contributed by atoms with Crippen molar-refractivity contribution in [1.29, 1.82) is 5.26 Å². The van der Waals surface area contributed by atoms with E-state index in [2.05, 4.69) is 5.32 Å². The standard InChI is InChI=1S/C17H15ClFN3O/c1-22(10-14-15(18)6-3-7-16(14)19)11-17(23)21-13-5-2-4-12(8-13)9-20/h2-8H,10-11H2,1H3,(H,21,23)/p+1. The summed E-state index contributed by atoms with van der Waals surface area (Å²) in [6.07, 6.45) is 0. The number of amides is 1. The van der Waals surface area contributed by atoms with Gasteiger partial charge in [0.2, 0.25) is 0 Å². The number of nitrogens with one attached hydrogen (secondary N) is 2. The van der Waals surface area contributed by atoms with Crippen LogP contribution < -0.4 is 10.2 Å². The molecule has 0 aromatic heterocycles. The van der Waals surface area contributed by atoms with Gasteiger partial charge in [-0.25, -0.2) is 4.39 Å². The molecule has 0 aliphatic rings. The maximum Gasteiger partial charge on any atom is 0.279 e. The lowest BCUT2D eigenvalue weighted by atomic mass is 10.2. The van der Waals surface area contributed by atoms with E-state index < -0.39 is 0 Å². The van der Waals surface area contributed by atoms with Gasteiger partial charge in [0, 0.05) is 5.69 Å². The van der Waals surface area contributed by atoms with Crippen LogP contribution in [0.15, 0.2) is 42.5 Å². The smallest absolute Gasteiger partial charge is 0.279 e. The highest BCUT2D eigenvalue weighted by Crippen LogP contribution is 2.17. The van der Waals surface area contributed by atoms with Gasteiger partial charge >= 0.3 is 0 Å². The van der Waals surface area contributed by atoms with Gasteiger partial charge in [-0.05, 0) is 30.3 Å². The molecule has 0 bridgehead atoms. The van der Waals surface area contributed by atoms with E-state index in [4.69, 9.17) is 16.9 Å². The number of quaternary nitrogens is 1. The molecular formula is C17H16ClFN3O+. The normalized spacial score (nSPS) is 11.6. The van der Waals surface area contributed by atoms with Gasteiger partial charge in [0.1, 0.15) is 12.4 Å². The van der Waals surface area contributed by atoms with Gasteiger partial charge in [-0.3, -0.25) is 4.79 Å². The molecule has 0 heterocycles. The Bertz CT molecular complexity index is 737. The van der Waals surface area contributed by atoms with E-state index in [1.165, 1.54) is 6.07 Å². The minimum absolute atomic E-state index is 0.154. The second kappa shape index (κ2) is 7.73. The Balaban J connectivity index is 1.96. The fourth-order valence-electron chi connectivity index (χ4n) is 2.21. The van der Waals surface area contributed by atoms with Gasteiger partial charge in [0.25, 0.3) is 5.91 Å². The number of carbonyl (C=O) groups excluding carboxylic acids is 1. The van der Waals surface area contributed by atoms with Crippen LogP contribution >= 0.6 is 11.6 Å². The van der Waals surface area contributed by atoms with Crippen LogP contribution in [-0.4, -0.2) is 19.5 Å². The van der Waals surface area contributed by atoms with Crippen LogP contribution in [0.2, 0.25) is 5.02 Å². The summed E-state index contributed by atoms with van der Waals surface area (Å²) in [5, 5.41) is 11.9. The molecule has 1 amide bonds. The lowest BCUT2D eigenvalue weighted by Gasteiger charge is -2.15. The van der Waals surface area contributed by atoms with Crippen molar-refractivity contribution in [3.05, 3.63) is 64.4 Å². The summed E-state index contributed by atoms with van der Waals surface area (Å²) in [5.74, 6) is -0.593. The Morgan fingerprint density at radius 1 is 1.35 bits per heavy atom. The van der Waals surface area contributed by atoms with Crippen molar-refractivity contribution < 1.29 is 14.1 Å². The molecule has 0 fully saturated rings. The summed E-state index contributed by atoms with van der Waals surface area (Å²) >= 11 is 5.99. The summed E-state index contributed by atoms with van der Waals surface area (Å²) in [6.45, 7) is 0.457. The molecule has 2 N–H and O–H groups in total. The summed E-state index contributed by atoms with van der Waals surface area (Å²) < 4.78 is 13.7. The Hall–Kier alpha value is -2.42. The molecule has 0 aliphatic carbocycles. The van der Waals surface area contributed by atoms with Gasteiger partial charge in [-0.2, -0.15) is 5.26 Å². The number of hydrogen-bond donors (Lipinski definition) is 2. The van der Waals surface area contributed by atoms with E-state index in [9.17, 15) is 9.18 Å². The quantitative estimate of drug-likeness (QED) is 0.880. The van der Waals surface area contributed by atoms with E-state index in [0.29, 0.717) is 28.4 Å². The van der Waals surface area contributed by atoms with Crippen molar-refractivity contribution in [2.75, 3.05) is 18.9 Å². The zero-order chi connectivity index (χ0) is 16.8. The largest absolute Gasteiger partial charge is 0.326 e. The molecule has 0 spiro atoms. The predicted molar refractivity (Wildman–Crippen MR) is 86.7 cm³/mol. The first-order valence-electron chi connectivity index (χ1n) is 7.04. The molecule has 0 radical (unpaired) electrons. The van der Waals surface area contributed by atoms with Crippen molar-refractivity contribution in [3.63, 3.8) is 0 Å². The fourth-order valence-corrected chi connectivity index (χ4v) is 2.44. The van der Waals surface area contributed by atoms with Crippen molar-refractivity contribution in [2.45, 2.75) is 6.54 Å². The average molecular weight is 333 g/mol. The summed E-state index contributed by atoms with van der Waals surface area (Å²) in [5.41, 5.74) is 1.43. The first-order chi connectivity index (χ1) is 11.0. The summed E-state index contributed by atoms with van der Waals surface area (Å²) in [4.78, 5) is 12.8. The highest BCUT2D eigenvalue weighted by atomic mass is 35.5. The van der Waals surface area contributed by atoms with Gasteiger partial charge in [0.05, 0.1) is 29.3 Å². The third-order valence-electron chi connectivity index (χ3n) is 3.28. The van der Waals surface area contributed by atoms with Crippen molar-refractivity contribution >= 4 is 23.2 Å². The van der Waals surface area contributed by atoms with E-state index >= 15 is 0 Å². The highest BCUT2D eigenvalue weighted by Gasteiger charge is 2.15. The minimum atomic E-state index is -0.376. The van der Waals surface area contributed by atoms with E-state index in [0.717, 1.165) is 4.90 Å². The Morgan fingerprint density at radius 2 is 2.09 bits per heavy atom. The number of carbonyl (C=O) groups is 1. The Morgan fingerprint density at radius 3 is 2.78 bits per heavy atom. The molecule has 1 atom stereocenters. The molecule has 2 rings (SSSR count). The average Bonchev–Trinajstić information content (AvgIpc) is 2.51. The maximum absolute atomic E-state index is 13.7. The third kappa shape index (κ3) is 4.78. The molecule has 2 aromatic carbocycles. The topological polar surface area (TPSA) is 57.3 Å². The number of anilines is 1. The van der Waals surface area contributed by atoms with E-state index in [-0.39, 0.29) is 18.3 Å². The predicted octanol–water partition coefficient (Wildman–Crippen LogP) is 2.00. The second-order valence-corrected chi connectivity index (χ2v) is 5.66. The number of nitriles is 1. The molecule has 118 valence electrons. The molecular weight excluding hydrogens is 317 g/mol. The van der Waals surface area contributed by atoms with Crippen molar-refractivity contribution in [3.8, 4) is 6.07 Å². The number of nitrogens with zero attached hydrogens (tertiary/aromatic N) is 1. The lowest BCUT2D eigenvalue weighted by Crippen LogP contribution is -3.08. The van der Waals surface area contributed by atoms with Gasteiger partial charge < -0.3 is 10.2 Å². The SMILES string of the molecule is C[NH+](CC(=O)Nc1cccc(C#N)c1)Cc1c(F)cccc1Cl. The summed E-state index contributed by atoms with van der Waals surface area (Å²) in [6, 6.07) is 13.2. The first-order valence-corrected chi connectivity index (χ1v) is 7.41. The van der Waals surface area contributed by atoms with Crippen molar-refractivity contribution in [1.82, 2.24) is 0 Å². The molecule has 1 unspecified atom stereocenters. The molecule has 23 heavy (non-hydrogen) atoms. The number of benzene rings is 2. The van der Waals surface area contributed by atoms with E-state index in [1.54, 1.807) is 43.4 Å². The monoisotopic (exact) mass is 332 g/mol. The van der Waals surface area contributed by atoms with Crippen LogP contribution in [0.5, 0.6) is 0 Å². The number of rotatable bonds is 5. The molecule has 4 nitrogen and oxygen atoms in total. The van der Waals surface area contributed by atoms with Crippen LogP contribution in [0, 0.1) is 17.1 Å². The van der Waals surface area contributed by atoms with Crippen LogP contribution in [0.4, 0.5) is 10.1 Å². The number of likely N-dealkylation sites (N-methyl/N-ethyl adjacent to an activating group) is 1. The molecule has 0 saturated carbocycles. The zero-order valence-electron chi connectivity index (χ0n) is 12.6. The molecule has 2 aromatic rings. The first kappa shape index (κ1) is 16.9. The Labute approximate surface area is 139 Å². The molecule has 0 saturated heterocycles. The second-order valence-electron chi connectivity index (χ2n) is 5.25. The van der Waals surface area contributed by atoms with E-state index in [1.807, 2.05) is 6.07 Å². The molecule has 0 aliphatic heterocycles. The third-order valence-corrected chi connectivity index (χ3v) is 3.63. The van der Waals surface area contributed by atoms with Crippen LogP contribution in [-0.2, 0) is 11.3 Å². The van der Waals surface area contributed by atoms with Crippen LogP contribution in [0.1, 0.15) is 11.1 Å². The Kier molecular flexibility index (Phi) is 5.69. The fraction of sp³-hybridized carbons (Fsp3) is 0.176. The van der Waals surface area contributed by atoms with Gasteiger partial charge in [-0.1, -0.05) is 23.7 Å². The van der Waals surface area contributed by atoms with Crippen LogP contribution in [0.3, 0.4) is 0 Å². The number of halogens is 2. The van der Waals surface area contributed by atoms with Gasteiger partial charge in [-0.15, -0.1) is 0 Å². The van der Waals surface area contributed by atoms with Crippen molar-refractivity contribution in [2.24, 2.45) is 0 Å². The highest BCUT2D eigenvalue weighted by molar-refractivity contribution is 6.31. The lowest BCUT2D eigenvalue weighted by molar-refractivity contribution is -0.885. The maximum atomic E-state index is 13.7. The molecule has 6 heteroatoms. The zero-order valence-corrected chi connectivity index (χ0v) is 13.3. The van der Waals surface area contributed by atoms with Gasteiger partial charge in [0.15, 0.2) is 6.54 Å².